The highest BCUT2D eigenvalue weighted by Gasteiger charge is 2.34. The Kier molecular flexibility index (Phi) is 9.16. The normalized spacial score (nSPS) is 11.3. The first-order chi connectivity index (χ1) is 19.1. The molecule has 8 nitrogen and oxygen atoms in total. The van der Waals surface area contributed by atoms with E-state index in [1.165, 1.54) is 32.1 Å². The molecule has 0 fully saturated rings. The van der Waals surface area contributed by atoms with Gasteiger partial charge in [0.2, 0.25) is 5.91 Å². The van der Waals surface area contributed by atoms with Crippen LogP contribution in [0.3, 0.4) is 0 Å². The Morgan fingerprint density at radius 1 is 0.800 bits per heavy atom. The van der Waals surface area contributed by atoms with Gasteiger partial charge in [-0.05, 0) is 54.3 Å². The summed E-state index contributed by atoms with van der Waals surface area (Å²) < 4.78 is 18.1. The Labute approximate surface area is 235 Å². The smallest absolute Gasteiger partial charge is 0.302 e. The molecule has 0 saturated heterocycles. The van der Waals surface area contributed by atoms with E-state index in [1.807, 2.05) is 54.6 Å². The molecular formula is C31H31NO7S. The average molecular weight is 562 g/mol. The van der Waals surface area contributed by atoms with Crippen LogP contribution in [0.25, 0.3) is 20.2 Å². The molecule has 4 rings (SSSR count). The van der Waals surface area contributed by atoms with Crippen molar-refractivity contribution in [3.05, 3.63) is 88.1 Å². The van der Waals surface area contributed by atoms with Crippen LogP contribution in [0.15, 0.2) is 71.5 Å². The molecule has 1 heterocycles. The number of nitrogens with one attached hydrogen (secondary N) is 1. The van der Waals surface area contributed by atoms with Crippen molar-refractivity contribution in [3.63, 3.8) is 0 Å². The molecule has 208 valence electrons. The molecule has 0 bridgehead atoms. The minimum atomic E-state index is -1.10. The second-order valence-electron chi connectivity index (χ2n) is 9.72. The molecule has 0 radical (unpaired) electrons. The number of ether oxygens (including phenoxy) is 3. The number of hydrogen-bond donors (Lipinski definition) is 1. The van der Waals surface area contributed by atoms with Crippen molar-refractivity contribution in [1.29, 1.82) is 0 Å². The Morgan fingerprint density at radius 2 is 1.43 bits per heavy atom. The van der Waals surface area contributed by atoms with Gasteiger partial charge in [0.05, 0.1) is 0 Å². The number of fused-ring (bicyclic) bond motifs is 2. The van der Waals surface area contributed by atoms with Crippen molar-refractivity contribution in [2.24, 2.45) is 0 Å². The molecule has 0 atom stereocenters. The molecule has 4 aromatic rings. The fourth-order valence-corrected chi connectivity index (χ4v) is 5.58. The SMILES string of the molecule is CC(=O)NC(CCc1ccc2c(=O)c3ccc(OCc4ccccc4)cc3sc2c1)(COC(C)=O)COC(C)=O. The molecule has 0 aliphatic carbocycles. The monoisotopic (exact) mass is 561 g/mol. The molecule has 40 heavy (non-hydrogen) atoms. The van der Waals surface area contributed by atoms with E-state index in [1.54, 1.807) is 12.1 Å². The maximum absolute atomic E-state index is 13.2. The zero-order valence-corrected chi connectivity index (χ0v) is 23.5. The highest BCUT2D eigenvalue weighted by atomic mass is 32.1. The van der Waals surface area contributed by atoms with Gasteiger partial charge in [-0.15, -0.1) is 11.3 Å². The predicted molar refractivity (Wildman–Crippen MR) is 155 cm³/mol. The molecule has 0 spiro atoms. The molecule has 1 aromatic heterocycles. The van der Waals surface area contributed by atoms with Crippen LogP contribution in [0.4, 0.5) is 0 Å². The maximum Gasteiger partial charge on any atom is 0.302 e. The molecule has 0 aliphatic rings. The van der Waals surface area contributed by atoms with Crippen molar-refractivity contribution in [2.75, 3.05) is 13.2 Å². The molecule has 1 amide bonds. The van der Waals surface area contributed by atoms with Gasteiger partial charge in [-0.1, -0.05) is 36.4 Å². The van der Waals surface area contributed by atoms with Gasteiger partial charge in [-0.25, -0.2) is 0 Å². The fourth-order valence-electron chi connectivity index (χ4n) is 4.42. The zero-order valence-electron chi connectivity index (χ0n) is 22.7. The van der Waals surface area contributed by atoms with Crippen LogP contribution in [0.2, 0.25) is 0 Å². The van der Waals surface area contributed by atoms with E-state index in [0.717, 1.165) is 20.5 Å². The summed E-state index contributed by atoms with van der Waals surface area (Å²) in [5.74, 6) is -0.676. The lowest BCUT2D eigenvalue weighted by Crippen LogP contribution is -2.55. The summed E-state index contributed by atoms with van der Waals surface area (Å²) >= 11 is 1.50. The number of esters is 2. The van der Waals surface area contributed by atoms with Crippen LogP contribution < -0.4 is 15.5 Å². The summed E-state index contributed by atoms with van der Waals surface area (Å²) in [5, 5.41) is 4.07. The first kappa shape index (κ1) is 28.8. The zero-order chi connectivity index (χ0) is 28.7. The highest BCUT2D eigenvalue weighted by Crippen LogP contribution is 2.29. The first-order valence-corrected chi connectivity index (χ1v) is 13.7. The lowest BCUT2D eigenvalue weighted by molar-refractivity contribution is -0.150. The standard InChI is InChI=1S/C31H31NO7S/c1-20(33)32-31(18-38-21(2)34,19-39-22(3)35)14-13-23-9-11-26-28(15-23)40-29-16-25(10-12-27(29)30(26)36)37-17-24-7-5-4-6-8-24/h4-12,15-16H,13-14,17-19H2,1-3H3,(H,32,33). The Balaban J connectivity index is 1.60. The van der Waals surface area contributed by atoms with Crippen LogP contribution >= 0.6 is 11.3 Å². The summed E-state index contributed by atoms with van der Waals surface area (Å²) in [6.45, 7) is 4.04. The van der Waals surface area contributed by atoms with Gasteiger partial charge in [0, 0.05) is 40.9 Å². The second-order valence-corrected chi connectivity index (χ2v) is 10.8. The number of benzene rings is 3. The lowest BCUT2D eigenvalue weighted by atomic mass is 9.92. The topological polar surface area (TPSA) is 108 Å². The van der Waals surface area contributed by atoms with Crippen LogP contribution in [0.1, 0.15) is 38.3 Å². The third-order valence-electron chi connectivity index (χ3n) is 6.39. The number of rotatable bonds is 11. The minimum absolute atomic E-state index is 0.0535. The summed E-state index contributed by atoms with van der Waals surface area (Å²) in [4.78, 5) is 48.3. The largest absolute Gasteiger partial charge is 0.489 e. The number of aryl methyl sites for hydroxylation is 1. The van der Waals surface area contributed by atoms with Gasteiger partial charge in [0.25, 0.3) is 0 Å². The lowest BCUT2D eigenvalue weighted by Gasteiger charge is -2.33. The van der Waals surface area contributed by atoms with Crippen molar-refractivity contribution in [2.45, 2.75) is 45.8 Å². The van der Waals surface area contributed by atoms with E-state index in [9.17, 15) is 19.2 Å². The Morgan fingerprint density at radius 3 is 2.05 bits per heavy atom. The van der Waals surface area contributed by atoms with E-state index in [2.05, 4.69) is 5.32 Å². The van der Waals surface area contributed by atoms with Crippen molar-refractivity contribution in [3.8, 4) is 5.75 Å². The third-order valence-corrected chi connectivity index (χ3v) is 7.51. The molecule has 0 saturated carbocycles. The first-order valence-electron chi connectivity index (χ1n) is 12.9. The molecular weight excluding hydrogens is 530 g/mol. The Bertz CT molecular complexity index is 1580. The maximum atomic E-state index is 13.2. The molecule has 1 N–H and O–H groups in total. The van der Waals surface area contributed by atoms with Gasteiger partial charge >= 0.3 is 11.9 Å². The van der Waals surface area contributed by atoms with Crippen molar-refractivity contribution in [1.82, 2.24) is 5.32 Å². The van der Waals surface area contributed by atoms with Crippen LogP contribution in [-0.2, 0) is 36.9 Å². The van der Waals surface area contributed by atoms with E-state index in [0.29, 0.717) is 36.0 Å². The number of carbonyl (C=O) groups is 3. The summed E-state index contributed by atoms with van der Waals surface area (Å²) in [5.41, 5.74) is 0.817. The summed E-state index contributed by atoms with van der Waals surface area (Å²) in [6, 6.07) is 21.0. The molecule has 0 aliphatic heterocycles. The van der Waals surface area contributed by atoms with Crippen molar-refractivity contribution < 1.29 is 28.6 Å². The van der Waals surface area contributed by atoms with Gasteiger partial charge in [-0.2, -0.15) is 0 Å². The van der Waals surface area contributed by atoms with Gasteiger partial charge in [0.1, 0.15) is 31.1 Å². The number of amides is 1. The fraction of sp³-hybridized carbons (Fsp3) is 0.290. The van der Waals surface area contributed by atoms with E-state index in [-0.39, 0.29) is 24.5 Å². The number of carbonyl (C=O) groups excluding carboxylic acids is 3. The van der Waals surface area contributed by atoms with E-state index >= 15 is 0 Å². The highest BCUT2D eigenvalue weighted by molar-refractivity contribution is 7.24. The van der Waals surface area contributed by atoms with Crippen LogP contribution in [-0.4, -0.2) is 36.6 Å². The van der Waals surface area contributed by atoms with Crippen LogP contribution in [0, 0.1) is 0 Å². The van der Waals surface area contributed by atoms with E-state index in [4.69, 9.17) is 14.2 Å². The van der Waals surface area contributed by atoms with Gasteiger partial charge < -0.3 is 19.5 Å². The summed E-state index contributed by atoms with van der Waals surface area (Å²) in [6.07, 6.45) is 0.802. The summed E-state index contributed by atoms with van der Waals surface area (Å²) in [7, 11) is 0. The second kappa shape index (κ2) is 12.7. The number of hydrogen-bond acceptors (Lipinski definition) is 8. The third kappa shape index (κ3) is 7.45. The van der Waals surface area contributed by atoms with Gasteiger partial charge in [-0.3, -0.25) is 19.2 Å². The van der Waals surface area contributed by atoms with Crippen molar-refractivity contribution >= 4 is 49.4 Å². The molecule has 0 unspecified atom stereocenters. The molecule has 9 heteroatoms. The Hall–Kier alpha value is -4.24. The molecule has 3 aromatic carbocycles. The predicted octanol–water partition coefficient (Wildman–Crippen LogP) is 4.93. The van der Waals surface area contributed by atoms with Crippen LogP contribution in [0.5, 0.6) is 5.75 Å². The average Bonchev–Trinajstić information content (AvgIpc) is 2.92. The van der Waals surface area contributed by atoms with Gasteiger partial charge in [0.15, 0.2) is 5.43 Å². The van der Waals surface area contributed by atoms with E-state index < -0.39 is 17.5 Å². The quantitative estimate of drug-likeness (QED) is 0.204. The minimum Gasteiger partial charge on any atom is -0.489 e.